The summed E-state index contributed by atoms with van der Waals surface area (Å²) >= 11 is 5.97. The maximum absolute atomic E-state index is 14.5. The van der Waals surface area contributed by atoms with Gasteiger partial charge in [-0.2, -0.15) is 5.10 Å². The molecule has 218 valence electrons. The average molecular weight is 605 g/mol. The fraction of sp³-hybridized carbons (Fsp3) is 0.176. The molecule has 8 rings (SSSR count). The number of nitrogens with zero attached hydrogens (tertiary/aromatic N) is 3. The molecule has 4 aromatic carbocycles. The van der Waals surface area contributed by atoms with Gasteiger partial charge in [-0.3, -0.25) is 24.5 Å². The first-order valence-electron chi connectivity index (χ1n) is 14.1. The van der Waals surface area contributed by atoms with Crippen LogP contribution in [0.25, 0.3) is 0 Å². The standard InChI is InChI=1S/C34H25ClN4O5/c1-19-10-15-26(27(16-19)39(43)44)38-32(41)30-29-22-6-2-4-8-24(22)34(31(30)33(38)42,25-9-5-3-7-23(25)29)18-36-37-28(40)17-20-11-13-21(35)14-12-20/h2-16,18,29-31H,17H2,1H3,(H,37,40)/b36-18-/t29?,30-,31-,34?/m0/s1. The Morgan fingerprint density at radius 3 is 2.25 bits per heavy atom. The van der Waals surface area contributed by atoms with E-state index in [4.69, 9.17) is 11.6 Å². The number of hydrogen-bond donors (Lipinski definition) is 1. The van der Waals surface area contributed by atoms with E-state index in [-0.39, 0.29) is 23.7 Å². The summed E-state index contributed by atoms with van der Waals surface area (Å²) in [6.45, 7) is 1.71. The summed E-state index contributed by atoms with van der Waals surface area (Å²) in [5, 5.41) is 17.0. The molecule has 0 radical (unpaired) electrons. The molecule has 1 heterocycles. The summed E-state index contributed by atoms with van der Waals surface area (Å²) in [6, 6.07) is 26.6. The predicted octanol–water partition coefficient (Wildman–Crippen LogP) is 5.45. The van der Waals surface area contributed by atoms with Gasteiger partial charge in [0.2, 0.25) is 17.7 Å². The largest absolute Gasteiger partial charge is 0.293 e. The second kappa shape index (κ2) is 10.2. The van der Waals surface area contributed by atoms with Gasteiger partial charge in [-0.15, -0.1) is 0 Å². The predicted molar refractivity (Wildman–Crippen MR) is 165 cm³/mol. The Balaban J connectivity index is 1.36. The van der Waals surface area contributed by atoms with E-state index in [2.05, 4.69) is 10.5 Å². The fourth-order valence-electron chi connectivity index (χ4n) is 7.29. The van der Waals surface area contributed by atoms with Crippen molar-refractivity contribution >= 4 is 46.9 Å². The smallest absolute Gasteiger partial charge is 0.274 e. The van der Waals surface area contributed by atoms with Crippen LogP contribution in [0, 0.1) is 28.9 Å². The quantitative estimate of drug-likeness (QED) is 0.136. The summed E-state index contributed by atoms with van der Waals surface area (Å²) in [7, 11) is 0. The lowest BCUT2D eigenvalue weighted by Gasteiger charge is -2.52. The van der Waals surface area contributed by atoms with Gasteiger partial charge in [0.1, 0.15) is 5.69 Å². The van der Waals surface area contributed by atoms with E-state index in [1.54, 1.807) is 43.5 Å². The summed E-state index contributed by atoms with van der Waals surface area (Å²) in [5.74, 6) is -3.61. The lowest BCUT2D eigenvalue weighted by molar-refractivity contribution is -0.384. The van der Waals surface area contributed by atoms with Crippen LogP contribution < -0.4 is 10.3 Å². The van der Waals surface area contributed by atoms with Crippen molar-refractivity contribution in [3.05, 3.63) is 140 Å². The van der Waals surface area contributed by atoms with Crippen molar-refractivity contribution in [3.63, 3.8) is 0 Å². The molecular weight excluding hydrogens is 580 g/mol. The number of carbonyl (C=O) groups is 3. The molecule has 4 aromatic rings. The van der Waals surface area contributed by atoms with E-state index in [9.17, 15) is 24.5 Å². The Labute approximate surface area is 257 Å². The van der Waals surface area contributed by atoms with E-state index < -0.39 is 39.9 Å². The van der Waals surface area contributed by atoms with Gasteiger partial charge in [0.05, 0.1) is 28.6 Å². The molecular formula is C34H25ClN4O5. The monoisotopic (exact) mass is 604 g/mol. The maximum atomic E-state index is 14.5. The number of halogens is 1. The first-order valence-corrected chi connectivity index (χ1v) is 14.5. The maximum Gasteiger partial charge on any atom is 0.293 e. The van der Waals surface area contributed by atoms with E-state index in [0.29, 0.717) is 10.6 Å². The summed E-state index contributed by atoms with van der Waals surface area (Å²) in [6.07, 6.45) is 1.63. The highest BCUT2D eigenvalue weighted by Crippen LogP contribution is 2.64. The minimum absolute atomic E-state index is 0.0548. The summed E-state index contributed by atoms with van der Waals surface area (Å²) in [5.41, 5.74) is 5.78. The van der Waals surface area contributed by atoms with Gasteiger partial charge in [0, 0.05) is 23.2 Å². The highest BCUT2D eigenvalue weighted by molar-refractivity contribution is 6.30. The number of amides is 3. The van der Waals surface area contributed by atoms with Gasteiger partial charge in [-0.1, -0.05) is 78.3 Å². The lowest BCUT2D eigenvalue weighted by Crippen LogP contribution is -2.54. The van der Waals surface area contributed by atoms with Crippen LogP contribution in [0.4, 0.5) is 11.4 Å². The van der Waals surface area contributed by atoms with Crippen LogP contribution in [0.3, 0.4) is 0 Å². The third-order valence-electron chi connectivity index (χ3n) is 8.99. The van der Waals surface area contributed by atoms with Gasteiger partial charge in [0.15, 0.2) is 0 Å². The molecule has 1 aliphatic heterocycles. The molecule has 0 aromatic heterocycles. The van der Waals surface area contributed by atoms with Crippen LogP contribution in [0.2, 0.25) is 5.02 Å². The lowest BCUT2D eigenvalue weighted by atomic mass is 9.47. The molecule has 1 fully saturated rings. The number of nitro groups is 1. The van der Waals surface area contributed by atoms with Gasteiger partial charge in [-0.25, -0.2) is 10.3 Å². The van der Waals surface area contributed by atoms with Crippen molar-refractivity contribution in [3.8, 4) is 0 Å². The molecule has 0 unspecified atom stereocenters. The number of imide groups is 1. The van der Waals surface area contributed by atoms with Crippen molar-refractivity contribution in [1.82, 2.24) is 5.43 Å². The van der Waals surface area contributed by atoms with Gasteiger partial charge >= 0.3 is 0 Å². The second-order valence-electron chi connectivity index (χ2n) is 11.4. The second-order valence-corrected chi connectivity index (χ2v) is 11.8. The molecule has 10 heteroatoms. The fourth-order valence-corrected chi connectivity index (χ4v) is 7.42. The Morgan fingerprint density at radius 2 is 1.61 bits per heavy atom. The highest BCUT2D eigenvalue weighted by Gasteiger charge is 2.68. The van der Waals surface area contributed by atoms with E-state index in [1.807, 2.05) is 48.5 Å². The zero-order valence-electron chi connectivity index (χ0n) is 23.4. The van der Waals surface area contributed by atoms with Crippen molar-refractivity contribution in [2.45, 2.75) is 24.7 Å². The summed E-state index contributed by atoms with van der Waals surface area (Å²) < 4.78 is 0. The van der Waals surface area contributed by atoms with E-state index >= 15 is 0 Å². The van der Waals surface area contributed by atoms with E-state index in [0.717, 1.165) is 32.7 Å². The van der Waals surface area contributed by atoms with Crippen molar-refractivity contribution in [1.29, 1.82) is 0 Å². The van der Waals surface area contributed by atoms with Gasteiger partial charge in [0.25, 0.3) is 5.69 Å². The number of benzene rings is 4. The van der Waals surface area contributed by atoms with Crippen molar-refractivity contribution < 1.29 is 19.3 Å². The highest BCUT2D eigenvalue weighted by atomic mass is 35.5. The summed E-state index contributed by atoms with van der Waals surface area (Å²) in [4.78, 5) is 54.2. The minimum atomic E-state index is -1.22. The van der Waals surface area contributed by atoms with E-state index in [1.165, 1.54) is 12.1 Å². The normalized spacial score (nSPS) is 23.0. The first kappa shape index (κ1) is 27.7. The average Bonchev–Trinajstić information content (AvgIpc) is 3.29. The van der Waals surface area contributed by atoms with Crippen LogP contribution in [0.15, 0.2) is 96.1 Å². The van der Waals surface area contributed by atoms with Gasteiger partial charge < -0.3 is 0 Å². The zero-order chi connectivity index (χ0) is 30.7. The zero-order valence-corrected chi connectivity index (χ0v) is 24.2. The number of rotatable bonds is 6. The number of hydrogen-bond acceptors (Lipinski definition) is 6. The number of hydrazone groups is 1. The van der Waals surface area contributed by atoms with Crippen LogP contribution >= 0.6 is 11.6 Å². The molecule has 2 bridgehead atoms. The molecule has 0 saturated carbocycles. The minimum Gasteiger partial charge on any atom is -0.274 e. The van der Waals surface area contributed by atoms with Crippen LogP contribution in [-0.4, -0.2) is 28.9 Å². The first-order chi connectivity index (χ1) is 21.2. The topological polar surface area (TPSA) is 122 Å². The van der Waals surface area contributed by atoms with Crippen LogP contribution in [0.5, 0.6) is 0 Å². The number of aryl methyl sites for hydroxylation is 1. The number of anilines is 1. The Hall–Kier alpha value is -5.15. The molecule has 3 aliphatic carbocycles. The molecule has 44 heavy (non-hydrogen) atoms. The van der Waals surface area contributed by atoms with Gasteiger partial charge in [-0.05, 0) is 58.5 Å². The molecule has 1 saturated heterocycles. The number of nitro benzene ring substituents is 1. The number of carbonyl (C=O) groups excluding carboxylic acids is 3. The molecule has 2 atom stereocenters. The third-order valence-corrected chi connectivity index (χ3v) is 9.24. The number of nitrogens with one attached hydrogen (secondary N) is 1. The molecule has 3 amide bonds. The Morgan fingerprint density at radius 1 is 0.977 bits per heavy atom. The van der Waals surface area contributed by atoms with Crippen LogP contribution in [0.1, 0.15) is 39.3 Å². The Kier molecular flexibility index (Phi) is 6.44. The Bertz CT molecular complexity index is 1870. The molecule has 1 N–H and O–H groups in total. The van der Waals surface area contributed by atoms with Crippen molar-refractivity contribution in [2.75, 3.05) is 4.90 Å². The molecule has 9 nitrogen and oxygen atoms in total. The molecule has 0 spiro atoms. The SMILES string of the molecule is Cc1ccc(N2C(=O)[C@@H]3[C@@H](C2=O)C2c4ccccc4C3(/C=N\NC(=O)Cc3ccc(Cl)cc3)c3ccccc32)c([N+](=O)[O-])c1. The molecule has 4 aliphatic rings. The van der Waals surface area contributed by atoms with Crippen molar-refractivity contribution in [2.24, 2.45) is 16.9 Å². The van der Waals surface area contributed by atoms with Crippen LogP contribution in [-0.2, 0) is 26.2 Å². The third kappa shape index (κ3) is 4.00.